The minimum Gasteiger partial charge on any atom is -0.460 e. The number of carbonyl (C=O) groups excluding carboxylic acids is 1. The summed E-state index contributed by atoms with van der Waals surface area (Å²) in [6, 6.07) is 12.4. The van der Waals surface area contributed by atoms with Gasteiger partial charge in [-0.15, -0.1) is 0 Å². The lowest BCUT2D eigenvalue weighted by atomic mass is 9.98. The Morgan fingerprint density at radius 2 is 1.74 bits per heavy atom. The number of nitrogens with zero attached hydrogens (tertiary/aromatic N) is 2. The zero-order chi connectivity index (χ0) is 24.7. The van der Waals surface area contributed by atoms with Gasteiger partial charge in [0.1, 0.15) is 28.7 Å². The van der Waals surface area contributed by atoms with Gasteiger partial charge in [0.15, 0.2) is 0 Å². The minimum absolute atomic E-state index is 0.00730. The number of aromatic nitrogens is 1. The molecular weight excluding hydrogens is 460 g/mol. The maximum atomic E-state index is 15.2. The smallest absolute Gasteiger partial charge is 0.255 e. The Balaban J connectivity index is 1.52. The van der Waals surface area contributed by atoms with Gasteiger partial charge in [0.05, 0.1) is 5.56 Å². The van der Waals surface area contributed by atoms with Gasteiger partial charge < -0.3 is 9.32 Å². The highest BCUT2D eigenvalue weighted by Gasteiger charge is 2.36. The molecule has 3 heterocycles. The maximum absolute atomic E-state index is 15.2. The zero-order valence-corrected chi connectivity index (χ0v) is 19.0. The fourth-order valence-electron chi connectivity index (χ4n) is 4.35. The molecule has 2 aromatic heterocycles. The standard InChI is InChI=1S/C27H22F4N2O2/c1-2-21-12-18-11-17(13-22(25(18)35-21)16-3-5-20(28)6-4-16)24-23(29)14-19(15-32-24)26(34)33-9-7-27(30,31)8-10-33/h3-6,11-15H,2,7-10H2,1H3. The molecule has 0 saturated carbocycles. The lowest BCUT2D eigenvalue weighted by Gasteiger charge is -2.31. The first-order valence-electron chi connectivity index (χ1n) is 11.4. The van der Waals surface area contributed by atoms with Crippen LogP contribution in [0.3, 0.4) is 0 Å². The molecule has 180 valence electrons. The molecule has 1 amide bonds. The Morgan fingerprint density at radius 3 is 2.40 bits per heavy atom. The summed E-state index contributed by atoms with van der Waals surface area (Å²) < 4.78 is 61.5. The number of hydrogen-bond acceptors (Lipinski definition) is 3. The molecule has 0 N–H and O–H groups in total. The highest BCUT2D eigenvalue weighted by Crippen LogP contribution is 2.36. The van der Waals surface area contributed by atoms with Crippen molar-refractivity contribution in [3.8, 4) is 22.4 Å². The molecule has 0 bridgehead atoms. The highest BCUT2D eigenvalue weighted by atomic mass is 19.3. The van der Waals surface area contributed by atoms with Crippen molar-refractivity contribution in [2.75, 3.05) is 13.1 Å². The molecule has 5 rings (SSSR count). The number of hydrogen-bond donors (Lipinski definition) is 0. The van der Waals surface area contributed by atoms with E-state index in [9.17, 15) is 18.0 Å². The van der Waals surface area contributed by atoms with E-state index in [0.29, 0.717) is 28.7 Å². The van der Waals surface area contributed by atoms with Crippen molar-refractivity contribution in [2.24, 2.45) is 0 Å². The molecule has 8 heteroatoms. The Labute approximate surface area is 199 Å². The maximum Gasteiger partial charge on any atom is 0.255 e. The van der Waals surface area contributed by atoms with Crippen molar-refractivity contribution in [3.05, 3.63) is 77.7 Å². The quantitative estimate of drug-likeness (QED) is 0.298. The SMILES string of the molecule is CCc1cc2cc(-c3ncc(C(=O)N4CCC(F)(F)CC4)cc3F)cc(-c3ccc(F)cc3)c2o1. The molecule has 0 radical (unpaired) electrons. The fourth-order valence-corrected chi connectivity index (χ4v) is 4.35. The number of aryl methyl sites for hydroxylation is 1. The number of amides is 1. The molecule has 1 saturated heterocycles. The largest absolute Gasteiger partial charge is 0.460 e. The van der Waals surface area contributed by atoms with E-state index in [0.717, 1.165) is 17.2 Å². The van der Waals surface area contributed by atoms with Gasteiger partial charge in [0.25, 0.3) is 11.8 Å². The number of carbonyl (C=O) groups is 1. The van der Waals surface area contributed by atoms with Crippen LogP contribution in [-0.2, 0) is 6.42 Å². The van der Waals surface area contributed by atoms with Gasteiger partial charge in [0, 0.05) is 55.1 Å². The van der Waals surface area contributed by atoms with Crippen molar-refractivity contribution in [3.63, 3.8) is 0 Å². The average Bonchev–Trinajstić information content (AvgIpc) is 3.27. The molecule has 1 aliphatic heterocycles. The fraction of sp³-hybridized carbons (Fsp3) is 0.259. The zero-order valence-electron chi connectivity index (χ0n) is 19.0. The summed E-state index contributed by atoms with van der Waals surface area (Å²) in [5.41, 5.74) is 2.47. The Hall–Kier alpha value is -3.68. The molecule has 2 aromatic carbocycles. The third kappa shape index (κ3) is 4.52. The van der Waals surface area contributed by atoms with Crippen LogP contribution in [0, 0.1) is 11.6 Å². The second-order valence-corrected chi connectivity index (χ2v) is 8.72. The first kappa shape index (κ1) is 23.1. The van der Waals surface area contributed by atoms with E-state index < -0.39 is 30.5 Å². The number of benzene rings is 2. The van der Waals surface area contributed by atoms with E-state index >= 15 is 4.39 Å². The van der Waals surface area contributed by atoms with Crippen LogP contribution in [-0.4, -0.2) is 34.8 Å². The third-order valence-electron chi connectivity index (χ3n) is 6.31. The minimum atomic E-state index is -2.78. The highest BCUT2D eigenvalue weighted by molar-refractivity contribution is 5.97. The van der Waals surface area contributed by atoms with Crippen molar-refractivity contribution < 1.29 is 26.8 Å². The van der Waals surface area contributed by atoms with Gasteiger partial charge in [-0.25, -0.2) is 17.6 Å². The number of piperidine rings is 1. The molecule has 4 aromatic rings. The third-order valence-corrected chi connectivity index (χ3v) is 6.31. The molecule has 1 aliphatic rings. The average molecular weight is 482 g/mol. The van der Waals surface area contributed by atoms with Gasteiger partial charge in [-0.2, -0.15) is 0 Å². The van der Waals surface area contributed by atoms with Crippen LogP contribution in [0.4, 0.5) is 17.6 Å². The van der Waals surface area contributed by atoms with Gasteiger partial charge >= 0.3 is 0 Å². The topological polar surface area (TPSA) is 46.3 Å². The Morgan fingerprint density at radius 1 is 1.03 bits per heavy atom. The number of likely N-dealkylation sites (tertiary alicyclic amines) is 1. The molecule has 0 spiro atoms. The number of rotatable bonds is 4. The second-order valence-electron chi connectivity index (χ2n) is 8.72. The second kappa shape index (κ2) is 8.83. The van der Waals surface area contributed by atoms with E-state index in [1.165, 1.54) is 23.2 Å². The summed E-state index contributed by atoms with van der Waals surface area (Å²) >= 11 is 0. The summed E-state index contributed by atoms with van der Waals surface area (Å²) in [4.78, 5) is 18.2. The van der Waals surface area contributed by atoms with Crippen LogP contribution in [0.15, 0.2) is 59.1 Å². The van der Waals surface area contributed by atoms with Crippen LogP contribution in [0.1, 0.15) is 35.9 Å². The molecule has 4 nitrogen and oxygen atoms in total. The van der Waals surface area contributed by atoms with Gasteiger partial charge in [-0.3, -0.25) is 9.78 Å². The van der Waals surface area contributed by atoms with E-state index in [1.54, 1.807) is 24.3 Å². The molecule has 0 unspecified atom stereocenters. The van der Waals surface area contributed by atoms with E-state index in [1.807, 2.05) is 13.0 Å². The first-order valence-corrected chi connectivity index (χ1v) is 11.4. The lowest BCUT2D eigenvalue weighted by molar-refractivity contribution is -0.0494. The number of halogens is 4. The van der Waals surface area contributed by atoms with Crippen molar-refractivity contribution in [1.82, 2.24) is 9.88 Å². The molecular formula is C27H22F4N2O2. The summed E-state index contributed by atoms with van der Waals surface area (Å²) in [6.07, 6.45) is 1.10. The molecule has 1 fully saturated rings. The normalized spacial score (nSPS) is 15.5. The van der Waals surface area contributed by atoms with Gasteiger partial charge in [0.2, 0.25) is 0 Å². The van der Waals surface area contributed by atoms with E-state index in [4.69, 9.17) is 4.42 Å². The predicted molar refractivity (Wildman–Crippen MR) is 124 cm³/mol. The van der Waals surface area contributed by atoms with Crippen molar-refractivity contribution in [2.45, 2.75) is 32.1 Å². The van der Waals surface area contributed by atoms with Crippen LogP contribution in [0.25, 0.3) is 33.4 Å². The lowest BCUT2D eigenvalue weighted by Crippen LogP contribution is -2.42. The summed E-state index contributed by atoms with van der Waals surface area (Å²) in [6.45, 7) is 1.77. The molecule has 0 aliphatic carbocycles. The summed E-state index contributed by atoms with van der Waals surface area (Å²) in [7, 11) is 0. The van der Waals surface area contributed by atoms with Crippen LogP contribution in [0.2, 0.25) is 0 Å². The van der Waals surface area contributed by atoms with Gasteiger partial charge in [-0.1, -0.05) is 19.1 Å². The van der Waals surface area contributed by atoms with Crippen LogP contribution < -0.4 is 0 Å². The molecule has 0 atom stereocenters. The van der Waals surface area contributed by atoms with Crippen molar-refractivity contribution in [1.29, 1.82) is 0 Å². The number of pyridine rings is 1. The number of alkyl halides is 2. The summed E-state index contributed by atoms with van der Waals surface area (Å²) in [5, 5.41) is 0.745. The van der Waals surface area contributed by atoms with Gasteiger partial charge in [-0.05, 0) is 42.0 Å². The first-order chi connectivity index (χ1) is 16.7. The monoisotopic (exact) mass is 482 g/mol. The van der Waals surface area contributed by atoms with E-state index in [-0.39, 0.29) is 30.2 Å². The number of furan rings is 1. The van der Waals surface area contributed by atoms with Crippen LogP contribution >= 0.6 is 0 Å². The van der Waals surface area contributed by atoms with Crippen LogP contribution in [0.5, 0.6) is 0 Å². The van der Waals surface area contributed by atoms with E-state index in [2.05, 4.69) is 4.98 Å². The Bertz CT molecular complexity index is 1400. The summed E-state index contributed by atoms with van der Waals surface area (Å²) in [5.74, 6) is -3.64. The Kier molecular flexibility index (Phi) is 5.83. The predicted octanol–water partition coefficient (Wildman–Crippen LogP) is 6.87. The number of fused-ring (bicyclic) bond motifs is 1. The van der Waals surface area contributed by atoms with Crippen molar-refractivity contribution >= 4 is 16.9 Å². The molecule has 35 heavy (non-hydrogen) atoms.